The van der Waals surface area contributed by atoms with Crippen LogP contribution in [0.25, 0.3) is 0 Å². The molecular formula is C18H20N4OS2. The van der Waals surface area contributed by atoms with Crippen LogP contribution in [0.5, 0.6) is 0 Å². The summed E-state index contributed by atoms with van der Waals surface area (Å²) in [6.07, 6.45) is 5.43. The van der Waals surface area contributed by atoms with Crippen LogP contribution in [-0.2, 0) is 17.6 Å². The van der Waals surface area contributed by atoms with Gasteiger partial charge in [0.1, 0.15) is 11.1 Å². The second kappa shape index (κ2) is 7.98. The number of thiazole rings is 1. The molecule has 0 fully saturated rings. The number of pyridine rings is 1. The first-order valence-corrected chi connectivity index (χ1v) is 10.2. The van der Waals surface area contributed by atoms with Crippen molar-refractivity contribution in [1.29, 1.82) is 5.26 Å². The van der Waals surface area contributed by atoms with Crippen LogP contribution in [0, 0.1) is 18.3 Å². The SMILES string of the molecule is Cc1csc(NC(=O)C(C)Sc2nc3c(cc2C#N)CCCCC3)n1. The normalized spacial score (nSPS) is 14.9. The molecule has 130 valence electrons. The fraction of sp³-hybridized carbons (Fsp3) is 0.444. The number of hydrogen-bond acceptors (Lipinski definition) is 6. The Labute approximate surface area is 155 Å². The van der Waals surface area contributed by atoms with Crippen LogP contribution >= 0.6 is 23.1 Å². The van der Waals surface area contributed by atoms with E-state index in [2.05, 4.69) is 16.4 Å². The average Bonchev–Trinajstić information content (AvgIpc) is 2.87. The largest absolute Gasteiger partial charge is 0.301 e. The van der Waals surface area contributed by atoms with Gasteiger partial charge in [-0.05, 0) is 51.2 Å². The predicted octanol–water partition coefficient (Wildman–Crippen LogP) is 4.11. The van der Waals surface area contributed by atoms with Gasteiger partial charge in [-0.25, -0.2) is 9.97 Å². The molecule has 1 unspecified atom stereocenters. The third-order valence-corrected chi connectivity index (χ3v) is 6.12. The van der Waals surface area contributed by atoms with E-state index in [-0.39, 0.29) is 11.2 Å². The summed E-state index contributed by atoms with van der Waals surface area (Å²) in [6.45, 7) is 3.72. The maximum absolute atomic E-state index is 12.4. The minimum atomic E-state index is -0.354. The highest BCUT2D eigenvalue weighted by molar-refractivity contribution is 8.00. The van der Waals surface area contributed by atoms with Crippen LogP contribution in [0.2, 0.25) is 0 Å². The van der Waals surface area contributed by atoms with Gasteiger partial charge in [0.25, 0.3) is 0 Å². The van der Waals surface area contributed by atoms with Crippen molar-refractivity contribution >= 4 is 34.1 Å². The lowest BCUT2D eigenvalue weighted by Crippen LogP contribution is -2.22. The van der Waals surface area contributed by atoms with E-state index < -0.39 is 0 Å². The second-order valence-corrected chi connectivity index (χ2v) is 8.35. The molecule has 0 radical (unpaired) electrons. The lowest BCUT2D eigenvalue weighted by Gasteiger charge is -2.13. The Balaban J connectivity index is 1.75. The fourth-order valence-electron chi connectivity index (χ4n) is 2.80. The molecule has 1 aliphatic carbocycles. The molecule has 0 bridgehead atoms. The van der Waals surface area contributed by atoms with E-state index in [4.69, 9.17) is 4.98 Å². The third kappa shape index (κ3) is 4.39. The van der Waals surface area contributed by atoms with Gasteiger partial charge in [-0.1, -0.05) is 18.2 Å². The summed E-state index contributed by atoms with van der Waals surface area (Å²) in [5, 5.41) is 15.1. The molecule has 0 aromatic carbocycles. The number of thioether (sulfide) groups is 1. The number of nitrogens with one attached hydrogen (secondary N) is 1. The minimum Gasteiger partial charge on any atom is -0.301 e. The molecule has 2 aromatic heterocycles. The lowest BCUT2D eigenvalue weighted by atomic mass is 10.1. The summed E-state index contributed by atoms with van der Waals surface area (Å²) in [5.74, 6) is -0.125. The van der Waals surface area contributed by atoms with Crippen LogP contribution < -0.4 is 5.32 Å². The average molecular weight is 373 g/mol. The number of amides is 1. The fourth-order valence-corrected chi connectivity index (χ4v) is 4.39. The smallest absolute Gasteiger partial charge is 0.239 e. The van der Waals surface area contributed by atoms with Crippen molar-refractivity contribution in [2.75, 3.05) is 5.32 Å². The van der Waals surface area contributed by atoms with Gasteiger partial charge in [0.05, 0.1) is 16.5 Å². The Morgan fingerprint density at radius 1 is 1.36 bits per heavy atom. The summed E-state index contributed by atoms with van der Waals surface area (Å²) in [4.78, 5) is 21.4. The van der Waals surface area contributed by atoms with E-state index >= 15 is 0 Å². The highest BCUT2D eigenvalue weighted by atomic mass is 32.2. The number of aromatic nitrogens is 2. The highest BCUT2D eigenvalue weighted by Gasteiger charge is 2.21. The van der Waals surface area contributed by atoms with E-state index in [1.807, 2.05) is 25.3 Å². The van der Waals surface area contributed by atoms with Gasteiger partial charge < -0.3 is 5.32 Å². The van der Waals surface area contributed by atoms with Crippen molar-refractivity contribution in [2.45, 2.75) is 56.2 Å². The molecule has 2 heterocycles. The molecule has 1 amide bonds. The molecule has 0 spiro atoms. The molecule has 0 saturated carbocycles. The second-order valence-electron chi connectivity index (χ2n) is 6.16. The molecule has 1 atom stereocenters. The van der Waals surface area contributed by atoms with E-state index in [1.165, 1.54) is 35.1 Å². The van der Waals surface area contributed by atoms with Crippen molar-refractivity contribution in [3.05, 3.63) is 34.0 Å². The van der Waals surface area contributed by atoms with E-state index in [9.17, 15) is 10.1 Å². The van der Waals surface area contributed by atoms with Gasteiger partial charge in [-0.2, -0.15) is 5.26 Å². The number of anilines is 1. The van der Waals surface area contributed by atoms with Gasteiger partial charge in [0, 0.05) is 11.1 Å². The zero-order chi connectivity index (χ0) is 17.8. The van der Waals surface area contributed by atoms with E-state index in [0.29, 0.717) is 15.7 Å². The van der Waals surface area contributed by atoms with Crippen LogP contribution in [0.1, 0.15) is 48.7 Å². The quantitative estimate of drug-likeness (QED) is 0.645. The summed E-state index contributed by atoms with van der Waals surface area (Å²) in [5.41, 5.74) is 3.73. The van der Waals surface area contributed by atoms with Gasteiger partial charge in [0.2, 0.25) is 5.91 Å². The summed E-state index contributed by atoms with van der Waals surface area (Å²) < 4.78 is 0. The first-order valence-electron chi connectivity index (χ1n) is 8.39. The van der Waals surface area contributed by atoms with Crippen molar-refractivity contribution in [1.82, 2.24) is 9.97 Å². The number of rotatable bonds is 4. The summed E-state index contributed by atoms with van der Waals surface area (Å²) in [7, 11) is 0. The highest BCUT2D eigenvalue weighted by Crippen LogP contribution is 2.30. The van der Waals surface area contributed by atoms with Gasteiger partial charge in [-0.3, -0.25) is 4.79 Å². The van der Waals surface area contributed by atoms with Crippen molar-refractivity contribution in [3.8, 4) is 6.07 Å². The molecule has 0 aliphatic heterocycles. The van der Waals surface area contributed by atoms with Gasteiger partial charge in [0.15, 0.2) is 5.13 Å². The van der Waals surface area contributed by atoms with Crippen molar-refractivity contribution < 1.29 is 4.79 Å². The van der Waals surface area contributed by atoms with Crippen LogP contribution in [0.15, 0.2) is 16.5 Å². The number of carbonyl (C=O) groups excluding carboxylic acids is 1. The van der Waals surface area contributed by atoms with E-state index in [1.54, 1.807) is 0 Å². The number of nitrogens with zero attached hydrogens (tertiary/aromatic N) is 3. The maximum atomic E-state index is 12.4. The maximum Gasteiger partial charge on any atom is 0.239 e. The Hall–Kier alpha value is -1.91. The van der Waals surface area contributed by atoms with Crippen LogP contribution in [0.3, 0.4) is 0 Å². The molecule has 25 heavy (non-hydrogen) atoms. The Kier molecular flexibility index (Phi) is 5.71. The molecule has 7 heteroatoms. The predicted molar refractivity (Wildman–Crippen MR) is 101 cm³/mol. The molecule has 1 N–H and O–H groups in total. The molecular weight excluding hydrogens is 352 g/mol. The topological polar surface area (TPSA) is 78.7 Å². The Morgan fingerprint density at radius 2 is 2.16 bits per heavy atom. The zero-order valence-electron chi connectivity index (χ0n) is 14.3. The Bertz CT molecular complexity index is 825. The van der Waals surface area contributed by atoms with Crippen molar-refractivity contribution in [3.63, 3.8) is 0 Å². The molecule has 1 aliphatic rings. The number of fused-ring (bicyclic) bond motifs is 1. The van der Waals surface area contributed by atoms with Crippen LogP contribution in [0.4, 0.5) is 5.13 Å². The first kappa shape index (κ1) is 17.9. The summed E-state index contributed by atoms with van der Waals surface area (Å²) >= 11 is 2.75. The van der Waals surface area contributed by atoms with Gasteiger partial charge in [-0.15, -0.1) is 11.3 Å². The first-order chi connectivity index (χ1) is 12.1. The van der Waals surface area contributed by atoms with Gasteiger partial charge >= 0.3 is 0 Å². The Morgan fingerprint density at radius 3 is 2.88 bits per heavy atom. The monoisotopic (exact) mass is 372 g/mol. The lowest BCUT2D eigenvalue weighted by molar-refractivity contribution is -0.115. The molecule has 5 nitrogen and oxygen atoms in total. The molecule has 2 aromatic rings. The molecule has 3 rings (SSSR count). The van der Waals surface area contributed by atoms with Crippen molar-refractivity contribution in [2.24, 2.45) is 0 Å². The number of nitriles is 1. The number of aryl methyl sites for hydroxylation is 3. The van der Waals surface area contributed by atoms with E-state index in [0.717, 1.165) is 37.1 Å². The third-order valence-electron chi connectivity index (χ3n) is 4.14. The molecule has 0 saturated heterocycles. The summed E-state index contributed by atoms with van der Waals surface area (Å²) in [6, 6.07) is 4.20. The number of hydrogen-bond donors (Lipinski definition) is 1. The number of carbonyl (C=O) groups is 1. The standard InChI is InChI=1S/C18H20N4OS2/c1-11-10-24-18(20-11)22-16(23)12(2)25-17-14(9-19)8-13-6-4-3-5-7-15(13)21-17/h8,10,12H,3-7H2,1-2H3,(H,20,22,23). The van der Waals surface area contributed by atoms with Crippen LogP contribution in [-0.4, -0.2) is 21.1 Å². The minimum absolute atomic E-state index is 0.125. The zero-order valence-corrected chi connectivity index (χ0v) is 16.0.